The molecule has 0 unspecified atom stereocenters. The van der Waals surface area contributed by atoms with Gasteiger partial charge in [-0.05, 0) is 0 Å². The molecule has 0 aromatic rings. The smallest absolute Gasteiger partial charge is 0.852 e. The molecule has 130 valence electrons. The molecule has 0 radical (unpaired) electrons. The van der Waals surface area contributed by atoms with Crippen molar-refractivity contribution < 1.29 is 55.1 Å². The Labute approximate surface area is 177 Å². The van der Waals surface area contributed by atoms with Gasteiger partial charge >= 0.3 is 53.5 Å². The van der Waals surface area contributed by atoms with E-state index in [9.17, 15) is 25.5 Å². The van der Waals surface area contributed by atoms with Crippen LogP contribution in [0.4, 0.5) is 0 Å². The van der Waals surface area contributed by atoms with Crippen molar-refractivity contribution in [3.63, 3.8) is 0 Å². The first-order valence-corrected chi connectivity index (χ1v) is 6.95. The molecule has 0 aromatic heterocycles. The van der Waals surface area contributed by atoms with E-state index in [-0.39, 0.29) is 53.5 Å². The zero-order valence-corrected chi connectivity index (χ0v) is 21.3. The topological polar surface area (TPSA) is 115 Å². The van der Waals surface area contributed by atoms with Gasteiger partial charge in [0, 0.05) is 0 Å². The summed E-state index contributed by atoms with van der Waals surface area (Å²) in [5.41, 5.74) is 0. The normalized spacial score (nSPS) is 8.18. The van der Waals surface area contributed by atoms with Crippen LogP contribution >= 0.6 is 0 Å². The van der Waals surface area contributed by atoms with Gasteiger partial charge in [-0.15, -0.1) is 30.5 Å². The van der Waals surface area contributed by atoms with Crippen molar-refractivity contribution in [3.8, 4) is 0 Å². The number of hydrogen-bond acceptors (Lipinski definition) is 5. The Hall–Kier alpha value is 1.60. The average molecular weight is 437 g/mol. The molecule has 22 heavy (non-hydrogen) atoms. The molecule has 0 fully saturated rings. The van der Waals surface area contributed by atoms with Crippen molar-refractivity contribution in [2.75, 3.05) is 0 Å². The minimum atomic E-state index is -0.417. The van der Waals surface area contributed by atoms with E-state index in [1.54, 1.807) is 69.2 Å². The van der Waals surface area contributed by atoms with Gasteiger partial charge in [0.1, 0.15) is 0 Å². The molecule has 0 amide bonds. The molecule has 0 rings (SSSR count). The van der Waals surface area contributed by atoms with Crippen molar-refractivity contribution >= 4 is 23.9 Å². The second-order valence-corrected chi connectivity index (χ2v) is 5.24. The van der Waals surface area contributed by atoms with Gasteiger partial charge in [0.15, 0.2) is 0 Å². The molecule has 0 aromatic carbocycles. The fraction of sp³-hybridized carbons (Fsp3) is 1.00. The van der Waals surface area contributed by atoms with Crippen molar-refractivity contribution in [2.45, 2.75) is 99.8 Å². The summed E-state index contributed by atoms with van der Waals surface area (Å²) >= 11 is 0. The molecule has 0 saturated heterocycles. The summed E-state index contributed by atoms with van der Waals surface area (Å²) in [6, 6.07) is 0. The van der Waals surface area contributed by atoms with E-state index >= 15 is 0 Å². The summed E-state index contributed by atoms with van der Waals surface area (Å²) in [4.78, 5) is 0. The Morgan fingerprint density at radius 1 is 0.364 bits per heavy atom. The summed E-state index contributed by atoms with van der Waals surface area (Å²) in [6.07, 6.45) is -2.08. The minimum Gasteiger partial charge on any atom is -0.852 e. The van der Waals surface area contributed by atoms with Gasteiger partial charge in [0.2, 0.25) is 0 Å². The second-order valence-electron chi connectivity index (χ2n) is 5.24. The zero-order valence-electron chi connectivity index (χ0n) is 16.4. The number of hydrogen-bond donors (Lipinski definition) is 0. The minimum absolute atomic E-state index is 0. The van der Waals surface area contributed by atoms with Gasteiger partial charge in [0.25, 0.3) is 0 Å². The third-order valence-electron chi connectivity index (χ3n) is 0. The Bertz CT molecular complexity index is 86.5. The fourth-order valence-corrected chi connectivity index (χ4v) is 0. The van der Waals surface area contributed by atoms with Gasteiger partial charge in [-0.25, -0.2) is 0 Å². The van der Waals surface area contributed by atoms with Crippen molar-refractivity contribution in [1.29, 1.82) is 0 Å². The van der Waals surface area contributed by atoms with Gasteiger partial charge in [-0.1, -0.05) is 69.2 Å². The first kappa shape index (κ1) is 43.7. The van der Waals surface area contributed by atoms with E-state index in [0.29, 0.717) is 0 Å². The molecule has 0 aliphatic rings. The molecule has 0 heterocycles. The van der Waals surface area contributed by atoms with Crippen LogP contribution in [0.25, 0.3) is 0 Å². The van der Waals surface area contributed by atoms with Crippen LogP contribution in [0.2, 0.25) is 0 Å². The summed E-state index contributed by atoms with van der Waals surface area (Å²) in [6.45, 7) is 16.1. The molecule has 0 spiro atoms. The van der Waals surface area contributed by atoms with Crippen LogP contribution in [0.5, 0.6) is 0 Å². The summed E-state index contributed by atoms with van der Waals surface area (Å²) in [5, 5.41) is 47.6. The zero-order chi connectivity index (χ0) is 17.9. The molecule has 7 heteroatoms. The summed E-state index contributed by atoms with van der Waals surface area (Å²) in [5.74, 6) is 0. The van der Waals surface area contributed by atoms with Gasteiger partial charge in [-0.2, -0.15) is 0 Å². The first-order chi connectivity index (χ1) is 8.66. The van der Waals surface area contributed by atoms with Gasteiger partial charge < -0.3 is 25.5 Å². The Morgan fingerprint density at radius 3 is 0.364 bits per heavy atom. The van der Waals surface area contributed by atoms with Crippen molar-refractivity contribution in [1.82, 2.24) is 0 Å². The van der Waals surface area contributed by atoms with E-state index in [2.05, 4.69) is 0 Å². The summed E-state index contributed by atoms with van der Waals surface area (Å²) in [7, 11) is 0. The second kappa shape index (κ2) is 38.3. The molecule has 5 nitrogen and oxygen atoms in total. The first-order valence-electron chi connectivity index (χ1n) is 6.95. The van der Waals surface area contributed by atoms with Gasteiger partial charge in [-0.3, -0.25) is 0 Å². The molecular weight excluding hydrogens is 402 g/mol. The van der Waals surface area contributed by atoms with Gasteiger partial charge in [0.05, 0.1) is 0 Å². The third-order valence-corrected chi connectivity index (χ3v) is 0. The average Bonchev–Trinajstić information content (AvgIpc) is 1.94. The van der Waals surface area contributed by atoms with Crippen LogP contribution in [-0.2, 0) is 0 Å². The van der Waals surface area contributed by atoms with E-state index in [4.69, 9.17) is 0 Å². The van der Waals surface area contributed by atoms with E-state index in [1.165, 1.54) is 0 Å². The molecule has 0 atom stereocenters. The van der Waals surface area contributed by atoms with Crippen LogP contribution in [0, 0.1) is 0 Å². The Kier molecular flexibility index (Phi) is 76.1. The van der Waals surface area contributed by atoms with Crippen molar-refractivity contribution in [3.05, 3.63) is 0 Å². The van der Waals surface area contributed by atoms with Crippen LogP contribution in [0.3, 0.4) is 0 Å². The largest absolute Gasteiger partial charge is 4.00 e. The van der Waals surface area contributed by atoms with Crippen LogP contribution < -0.4 is 55.1 Å². The molecular formula is C15H35NaO5Sn. The van der Waals surface area contributed by atoms with Crippen LogP contribution in [0.1, 0.15) is 69.2 Å². The molecule has 0 saturated carbocycles. The van der Waals surface area contributed by atoms with E-state index in [1.807, 2.05) is 0 Å². The van der Waals surface area contributed by atoms with Crippen LogP contribution in [0.15, 0.2) is 0 Å². The maximum atomic E-state index is 9.53. The predicted octanol–water partition coefficient (Wildman–Crippen LogP) is -4.60. The maximum absolute atomic E-state index is 9.53. The van der Waals surface area contributed by atoms with Crippen LogP contribution in [-0.4, -0.2) is 54.4 Å². The standard InChI is InChI=1S/5C3H7O.Na.Sn/c5*1-3(2)4;;/h5*3H,1-2H3;;/q5*-1;+1;+4. The van der Waals surface area contributed by atoms with E-state index in [0.717, 1.165) is 0 Å². The SMILES string of the molecule is CC(C)[O-].CC(C)[O-].CC(C)[O-].CC(C)[O-].CC(C)[O-].[Na+].[Sn+4]. The monoisotopic (exact) mass is 438 g/mol. The van der Waals surface area contributed by atoms with Crippen molar-refractivity contribution in [2.24, 2.45) is 0 Å². The molecule has 0 aliphatic carbocycles. The molecule has 0 bridgehead atoms. The number of rotatable bonds is 0. The predicted molar refractivity (Wildman–Crippen MR) is 81.4 cm³/mol. The van der Waals surface area contributed by atoms with E-state index < -0.39 is 30.5 Å². The maximum Gasteiger partial charge on any atom is 4.00 e. The Morgan fingerprint density at radius 2 is 0.364 bits per heavy atom. The molecule has 0 N–H and O–H groups in total. The quantitative estimate of drug-likeness (QED) is 0.354. The Balaban J connectivity index is -0.0000000250. The third kappa shape index (κ3) is 3590. The fourth-order valence-electron chi connectivity index (χ4n) is 0. The molecule has 0 aliphatic heterocycles. The summed E-state index contributed by atoms with van der Waals surface area (Å²) < 4.78 is 0.